The van der Waals surface area contributed by atoms with E-state index in [0.29, 0.717) is 30.6 Å². The van der Waals surface area contributed by atoms with Gasteiger partial charge in [-0.15, -0.1) is 0 Å². The van der Waals surface area contributed by atoms with E-state index in [1.807, 2.05) is 25.1 Å². The van der Waals surface area contributed by atoms with Crippen LogP contribution in [0.3, 0.4) is 0 Å². The summed E-state index contributed by atoms with van der Waals surface area (Å²) in [4.78, 5) is 0. The van der Waals surface area contributed by atoms with E-state index in [9.17, 15) is 4.21 Å². The van der Waals surface area contributed by atoms with Crippen molar-refractivity contribution in [1.29, 1.82) is 0 Å². The van der Waals surface area contributed by atoms with Gasteiger partial charge in [0.2, 0.25) is 0 Å². The van der Waals surface area contributed by atoms with Crippen LogP contribution in [-0.2, 0) is 10.8 Å². The summed E-state index contributed by atoms with van der Waals surface area (Å²) < 4.78 is 17.6. The van der Waals surface area contributed by atoms with Crippen molar-refractivity contribution in [3.63, 3.8) is 0 Å². The van der Waals surface area contributed by atoms with Crippen molar-refractivity contribution in [3.05, 3.63) is 29.8 Å². The monoisotopic (exact) mass is 253 g/mol. The molecule has 2 N–H and O–H groups in total. The summed E-state index contributed by atoms with van der Waals surface area (Å²) in [5.74, 6) is 2.92. The first-order valence-corrected chi connectivity index (χ1v) is 7.46. The summed E-state index contributed by atoms with van der Waals surface area (Å²) in [5, 5.41) is 0. The maximum absolute atomic E-state index is 12.0. The molecule has 3 atom stereocenters. The van der Waals surface area contributed by atoms with Gasteiger partial charge in [0.25, 0.3) is 0 Å². The SMILES string of the molecule is CC(CN)CS(=O)CC1COc2ccccc21. The van der Waals surface area contributed by atoms with Gasteiger partial charge in [-0.05, 0) is 18.5 Å². The van der Waals surface area contributed by atoms with Crippen molar-refractivity contribution in [2.24, 2.45) is 11.7 Å². The minimum absolute atomic E-state index is 0.275. The van der Waals surface area contributed by atoms with Gasteiger partial charge in [0.15, 0.2) is 0 Å². The fourth-order valence-electron chi connectivity index (χ4n) is 2.05. The Kier molecular flexibility index (Phi) is 4.18. The number of para-hydroxylation sites is 1. The number of hydrogen-bond acceptors (Lipinski definition) is 3. The second kappa shape index (κ2) is 5.65. The molecule has 0 radical (unpaired) electrons. The molecular formula is C13H19NO2S. The lowest BCUT2D eigenvalue weighted by atomic mass is 10.0. The minimum atomic E-state index is -0.807. The van der Waals surface area contributed by atoms with E-state index >= 15 is 0 Å². The minimum Gasteiger partial charge on any atom is -0.493 e. The standard InChI is InChI=1S/C13H19NO2S/c1-10(6-14)8-17(15)9-11-7-16-13-5-3-2-4-12(11)13/h2-5,10-11H,6-9,14H2,1H3. The second-order valence-corrected chi connectivity index (χ2v) is 6.21. The Hall–Kier alpha value is -0.870. The third kappa shape index (κ3) is 3.07. The molecule has 0 aliphatic carbocycles. The Labute approximate surface area is 105 Å². The molecule has 0 saturated heterocycles. The van der Waals surface area contributed by atoms with E-state index in [2.05, 4.69) is 6.07 Å². The van der Waals surface area contributed by atoms with Crippen LogP contribution in [0.2, 0.25) is 0 Å². The summed E-state index contributed by atoms with van der Waals surface area (Å²) in [7, 11) is -0.807. The van der Waals surface area contributed by atoms with Crippen molar-refractivity contribution in [2.45, 2.75) is 12.8 Å². The number of nitrogens with two attached hydrogens (primary N) is 1. The average Bonchev–Trinajstić information content (AvgIpc) is 2.72. The molecule has 0 bridgehead atoms. The first-order chi connectivity index (χ1) is 8.20. The van der Waals surface area contributed by atoms with Crippen molar-refractivity contribution in [3.8, 4) is 5.75 Å². The fraction of sp³-hybridized carbons (Fsp3) is 0.538. The van der Waals surface area contributed by atoms with Crippen LogP contribution in [0.15, 0.2) is 24.3 Å². The maximum Gasteiger partial charge on any atom is 0.122 e. The molecule has 1 aliphatic heterocycles. The Morgan fingerprint density at radius 3 is 3.06 bits per heavy atom. The topological polar surface area (TPSA) is 52.3 Å². The van der Waals surface area contributed by atoms with E-state index in [0.717, 1.165) is 5.75 Å². The van der Waals surface area contributed by atoms with Crippen molar-refractivity contribution >= 4 is 10.8 Å². The molecule has 1 aliphatic rings. The van der Waals surface area contributed by atoms with Crippen LogP contribution in [0.5, 0.6) is 5.75 Å². The maximum atomic E-state index is 12.0. The first kappa shape index (κ1) is 12.6. The lowest BCUT2D eigenvalue weighted by molar-refractivity contribution is 0.338. The highest BCUT2D eigenvalue weighted by atomic mass is 32.2. The Morgan fingerprint density at radius 2 is 2.29 bits per heavy atom. The van der Waals surface area contributed by atoms with Crippen LogP contribution in [-0.4, -0.2) is 28.9 Å². The molecule has 3 nitrogen and oxygen atoms in total. The highest BCUT2D eigenvalue weighted by Crippen LogP contribution is 2.33. The van der Waals surface area contributed by atoms with Crippen LogP contribution in [0.1, 0.15) is 18.4 Å². The molecule has 0 amide bonds. The average molecular weight is 253 g/mol. The Morgan fingerprint density at radius 1 is 1.53 bits per heavy atom. The molecule has 0 fully saturated rings. The smallest absolute Gasteiger partial charge is 0.122 e. The molecule has 3 unspecified atom stereocenters. The molecular weight excluding hydrogens is 234 g/mol. The summed E-state index contributed by atoms with van der Waals surface area (Å²) >= 11 is 0. The van der Waals surface area contributed by atoms with Crippen molar-refractivity contribution in [2.75, 3.05) is 24.7 Å². The predicted octanol–water partition coefficient (Wildman–Crippen LogP) is 1.51. The molecule has 0 saturated carbocycles. The fourth-order valence-corrected chi connectivity index (χ4v) is 3.68. The van der Waals surface area contributed by atoms with Gasteiger partial charge in [-0.1, -0.05) is 25.1 Å². The number of ether oxygens (including phenoxy) is 1. The van der Waals surface area contributed by atoms with Gasteiger partial charge >= 0.3 is 0 Å². The molecule has 94 valence electrons. The van der Waals surface area contributed by atoms with Crippen molar-refractivity contribution in [1.82, 2.24) is 0 Å². The Balaban J connectivity index is 1.95. The zero-order valence-corrected chi connectivity index (χ0v) is 10.9. The van der Waals surface area contributed by atoms with Gasteiger partial charge in [-0.25, -0.2) is 0 Å². The van der Waals surface area contributed by atoms with Gasteiger partial charge < -0.3 is 10.5 Å². The van der Waals surface area contributed by atoms with E-state index in [4.69, 9.17) is 10.5 Å². The normalized spacial score (nSPS) is 21.6. The van der Waals surface area contributed by atoms with Crippen LogP contribution in [0, 0.1) is 5.92 Å². The molecule has 4 heteroatoms. The van der Waals surface area contributed by atoms with Gasteiger partial charge in [0.05, 0.1) is 6.61 Å². The van der Waals surface area contributed by atoms with E-state index < -0.39 is 10.8 Å². The molecule has 1 heterocycles. The van der Waals surface area contributed by atoms with Gasteiger partial charge in [0.1, 0.15) is 5.75 Å². The summed E-state index contributed by atoms with van der Waals surface area (Å²) in [5.41, 5.74) is 6.74. The Bertz CT molecular complexity index is 408. The molecule has 2 rings (SSSR count). The second-order valence-electron chi connectivity index (χ2n) is 4.66. The van der Waals surface area contributed by atoms with Crippen LogP contribution < -0.4 is 10.5 Å². The first-order valence-electron chi connectivity index (χ1n) is 5.97. The zero-order valence-electron chi connectivity index (χ0n) is 10.1. The third-order valence-electron chi connectivity index (χ3n) is 3.06. The van der Waals surface area contributed by atoms with Gasteiger partial charge in [-0.3, -0.25) is 4.21 Å². The summed E-state index contributed by atoms with van der Waals surface area (Å²) in [6.45, 7) is 3.29. The highest BCUT2D eigenvalue weighted by Gasteiger charge is 2.25. The third-order valence-corrected chi connectivity index (χ3v) is 4.77. The number of fused-ring (bicyclic) bond motifs is 1. The van der Waals surface area contributed by atoms with Crippen LogP contribution in [0.25, 0.3) is 0 Å². The van der Waals surface area contributed by atoms with Gasteiger partial charge in [0, 0.05) is 33.8 Å². The number of hydrogen-bond donors (Lipinski definition) is 1. The number of benzene rings is 1. The molecule has 1 aromatic rings. The highest BCUT2D eigenvalue weighted by molar-refractivity contribution is 7.85. The van der Waals surface area contributed by atoms with E-state index in [-0.39, 0.29) is 5.92 Å². The molecule has 17 heavy (non-hydrogen) atoms. The largest absolute Gasteiger partial charge is 0.493 e. The van der Waals surface area contributed by atoms with E-state index in [1.165, 1.54) is 5.56 Å². The van der Waals surface area contributed by atoms with Crippen molar-refractivity contribution < 1.29 is 8.95 Å². The molecule has 1 aromatic carbocycles. The van der Waals surface area contributed by atoms with Gasteiger partial charge in [-0.2, -0.15) is 0 Å². The lowest BCUT2D eigenvalue weighted by Gasteiger charge is -2.11. The number of rotatable bonds is 5. The zero-order chi connectivity index (χ0) is 12.3. The lowest BCUT2D eigenvalue weighted by Crippen LogP contribution is -2.21. The molecule has 0 aromatic heterocycles. The summed E-state index contributed by atoms with van der Waals surface area (Å²) in [6.07, 6.45) is 0. The predicted molar refractivity (Wildman–Crippen MR) is 70.8 cm³/mol. The van der Waals surface area contributed by atoms with E-state index in [1.54, 1.807) is 0 Å². The molecule has 0 spiro atoms. The van der Waals surface area contributed by atoms with Crippen LogP contribution >= 0.6 is 0 Å². The quantitative estimate of drug-likeness (QED) is 0.865. The van der Waals surface area contributed by atoms with Crippen LogP contribution in [0.4, 0.5) is 0 Å². The summed E-state index contributed by atoms with van der Waals surface area (Å²) in [6, 6.07) is 8.01.